The second-order valence-electron chi connectivity index (χ2n) is 11.4. The molecule has 156 valence electrons. The van der Waals surface area contributed by atoms with Crippen molar-refractivity contribution in [2.45, 2.75) is 92.1 Å². The van der Waals surface area contributed by atoms with E-state index in [0.29, 0.717) is 16.7 Å². The molecule has 0 unspecified atom stereocenters. The lowest BCUT2D eigenvalue weighted by Gasteiger charge is -2.55. The van der Waals surface area contributed by atoms with E-state index in [2.05, 4.69) is 58.9 Å². The molecule has 4 aliphatic rings. The van der Waals surface area contributed by atoms with E-state index in [4.69, 9.17) is 0 Å². The molecule has 0 aromatic heterocycles. The molecule has 0 heterocycles. The highest BCUT2D eigenvalue weighted by Crippen LogP contribution is 2.65. The molecule has 4 rings (SSSR count). The van der Waals surface area contributed by atoms with Gasteiger partial charge in [0, 0.05) is 0 Å². The minimum absolute atomic E-state index is 0.113. The van der Waals surface area contributed by atoms with Crippen molar-refractivity contribution in [1.82, 2.24) is 0 Å². The van der Waals surface area contributed by atoms with Gasteiger partial charge >= 0.3 is 0 Å². The predicted octanol–water partition coefficient (Wildman–Crippen LogP) is 7.08. The molecule has 0 bridgehead atoms. The topological polar surface area (TPSA) is 20.2 Å². The van der Waals surface area contributed by atoms with Gasteiger partial charge in [-0.3, -0.25) is 0 Å². The lowest BCUT2D eigenvalue weighted by atomic mass is 9.50. The molecule has 0 radical (unpaired) electrons. The van der Waals surface area contributed by atoms with Crippen LogP contribution in [0.2, 0.25) is 0 Å². The van der Waals surface area contributed by atoms with Crippen molar-refractivity contribution in [3.8, 4) is 0 Å². The first-order valence-corrected chi connectivity index (χ1v) is 12.0. The molecule has 1 nitrogen and oxygen atoms in total. The van der Waals surface area contributed by atoms with Gasteiger partial charge in [-0.2, -0.15) is 0 Å². The molecule has 0 aliphatic heterocycles. The third kappa shape index (κ3) is 3.26. The number of hydrogen-bond acceptors (Lipinski definition) is 1. The lowest BCUT2D eigenvalue weighted by Crippen LogP contribution is -2.46. The predicted molar refractivity (Wildman–Crippen MR) is 119 cm³/mol. The van der Waals surface area contributed by atoms with Crippen LogP contribution in [0.5, 0.6) is 0 Å². The first-order valence-electron chi connectivity index (χ1n) is 12.0. The van der Waals surface area contributed by atoms with E-state index in [9.17, 15) is 5.11 Å². The Morgan fingerprint density at radius 1 is 1.04 bits per heavy atom. The van der Waals surface area contributed by atoms with Gasteiger partial charge in [0.2, 0.25) is 0 Å². The molecule has 1 heteroatoms. The monoisotopic (exact) mass is 382 g/mol. The summed E-state index contributed by atoms with van der Waals surface area (Å²) >= 11 is 0. The Morgan fingerprint density at radius 2 is 1.82 bits per heavy atom. The summed E-state index contributed by atoms with van der Waals surface area (Å²) in [6.45, 7) is 12.2. The molecule has 7 atom stereocenters. The van der Waals surface area contributed by atoms with E-state index in [0.717, 1.165) is 36.5 Å². The molecular weight excluding hydrogens is 340 g/mol. The zero-order valence-corrected chi connectivity index (χ0v) is 18.9. The fourth-order valence-electron chi connectivity index (χ4n) is 7.59. The Balaban J connectivity index is 1.57. The number of rotatable bonds is 4. The summed E-state index contributed by atoms with van der Waals surface area (Å²) in [6.07, 6.45) is 19.6. The third-order valence-electron chi connectivity index (χ3n) is 9.30. The van der Waals surface area contributed by atoms with Crippen molar-refractivity contribution in [1.29, 1.82) is 0 Å². The second kappa shape index (κ2) is 7.46. The van der Waals surface area contributed by atoms with Crippen LogP contribution in [-0.2, 0) is 0 Å². The van der Waals surface area contributed by atoms with Crippen molar-refractivity contribution in [3.63, 3.8) is 0 Å². The quantitative estimate of drug-likeness (QED) is 0.515. The molecule has 0 saturated heterocycles. The van der Waals surface area contributed by atoms with E-state index in [1.165, 1.54) is 44.1 Å². The first-order chi connectivity index (χ1) is 13.3. The lowest BCUT2D eigenvalue weighted by molar-refractivity contribution is 0.0383. The molecular formula is C27H42O. The van der Waals surface area contributed by atoms with Crippen LogP contribution in [0, 0.1) is 40.4 Å². The normalized spacial score (nSPS) is 44.0. The van der Waals surface area contributed by atoms with Crippen LogP contribution in [0.25, 0.3) is 0 Å². The molecule has 4 aliphatic carbocycles. The number of aliphatic hydroxyl groups is 1. The molecule has 0 aromatic carbocycles. The summed E-state index contributed by atoms with van der Waals surface area (Å²) < 4.78 is 0. The van der Waals surface area contributed by atoms with Gasteiger partial charge in [-0.05, 0) is 91.8 Å². The molecule has 0 aromatic rings. The maximum Gasteiger partial charge on any atom is 0.0578 e. The van der Waals surface area contributed by atoms with E-state index >= 15 is 0 Å². The molecule has 3 fully saturated rings. The summed E-state index contributed by atoms with van der Waals surface area (Å²) in [6, 6.07) is 0. The Morgan fingerprint density at radius 3 is 2.57 bits per heavy atom. The Labute approximate surface area is 173 Å². The highest BCUT2D eigenvalue weighted by Gasteiger charge is 2.56. The van der Waals surface area contributed by atoms with Crippen LogP contribution in [0.3, 0.4) is 0 Å². The zero-order valence-electron chi connectivity index (χ0n) is 18.9. The van der Waals surface area contributed by atoms with Crippen molar-refractivity contribution < 1.29 is 5.11 Å². The van der Waals surface area contributed by atoms with Crippen molar-refractivity contribution >= 4 is 0 Å². The van der Waals surface area contributed by atoms with Gasteiger partial charge in [-0.1, -0.05) is 70.1 Å². The van der Waals surface area contributed by atoms with Crippen LogP contribution in [-0.4, -0.2) is 11.2 Å². The molecule has 0 amide bonds. The summed E-state index contributed by atoms with van der Waals surface area (Å²) in [5, 5.41) is 10.2. The highest BCUT2D eigenvalue weighted by atomic mass is 16.3. The molecule has 28 heavy (non-hydrogen) atoms. The van der Waals surface area contributed by atoms with Crippen LogP contribution in [0.1, 0.15) is 86.0 Å². The fraction of sp³-hybridized carbons (Fsp3) is 0.778. The summed E-state index contributed by atoms with van der Waals surface area (Å²) in [5.41, 5.74) is 4.09. The minimum atomic E-state index is -0.113. The van der Waals surface area contributed by atoms with Crippen molar-refractivity contribution in [3.05, 3.63) is 35.5 Å². The van der Waals surface area contributed by atoms with Gasteiger partial charge in [0.25, 0.3) is 0 Å². The second-order valence-corrected chi connectivity index (χ2v) is 11.4. The van der Waals surface area contributed by atoms with Gasteiger partial charge in [0.15, 0.2) is 0 Å². The molecule has 0 spiro atoms. The Bertz CT molecular complexity index is 682. The van der Waals surface area contributed by atoms with Crippen molar-refractivity contribution in [2.75, 3.05) is 0 Å². The smallest absolute Gasteiger partial charge is 0.0578 e. The average molecular weight is 383 g/mol. The van der Waals surface area contributed by atoms with Gasteiger partial charge in [0.1, 0.15) is 0 Å². The van der Waals surface area contributed by atoms with E-state index in [1.54, 1.807) is 5.57 Å². The SMILES string of the molecule is CC(C)C/C=C/[C@@H](C)[C@H]1CC[C@H]2C3=CC=C4C[C@@H](O)CC[C@]4(C)[C@H]3CC[C@]12C. The molecule has 1 N–H and O–H groups in total. The number of fused-ring (bicyclic) bond motifs is 5. The highest BCUT2D eigenvalue weighted by molar-refractivity contribution is 5.39. The van der Waals surface area contributed by atoms with Crippen LogP contribution < -0.4 is 0 Å². The van der Waals surface area contributed by atoms with E-state index in [-0.39, 0.29) is 6.10 Å². The third-order valence-corrected chi connectivity index (χ3v) is 9.30. The van der Waals surface area contributed by atoms with Gasteiger partial charge in [0.05, 0.1) is 6.10 Å². The van der Waals surface area contributed by atoms with E-state index in [1.807, 2.05) is 0 Å². The van der Waals surface area contributed by atoms with Gasteiger partial charge in [-0.15, -0.1) is 0 Å². The standard InChI is InChI=1S/C27H42O/c1-18(2)7-6-8-19(3)23-11-12-24-22-10-9-20-17-21(28)13-15-26(20,4)25(22)14-16-27(23,24)5/h6,8-10,18-19,21,23-25,28H,7,11-17H2,1-5H3/b8-6+/t19-,21+,23-,24+,25+,26+,27-/m1/s1. The van der Waals surface area contributed by atoms with Gasteiger partial charge in [-0.25, -0.2) is 0 Å². The van der Waals surface area contributed by atoms with Crippen LogP contribution in [0.15, 0.2) is 35.5 Å². The average Bonchev–Trinajstić information content (AvgIpc) is 2.99. The zero-order chi connectivity index (χ0) is 20.1. The fourth-order valence-corrected chi connectivity index (χ4v) is 7.59. The molecule has 3 saturated carbocycles. The number of hydrogen-bond donors (Lipinski definition) is 1. The van der Waals surface area contributed by atoms with Crippen molar-refractivity contribution in [2.24, 2.45) is 40.4 Å². The van der Waals surface area contributed by atoms with Crippen LogP contribution >= 0.6 is 0 Å². The van der Waals surface area contributed by atoms with E-state index < -0.39 is 0 Å². The Kier molecular flexibility index (Phi) is 5.45. The van der Waals surface area contributed by atoms with Gasteiger partial charge < -0.3 is 5.11 Å². The summed E-state index contributed by atoms with van der Waals surface area (Å²) in [7, 11) is 0. The minimum Gasteiger partial charge on any atom is -0.393 e. The summed E-state index contributed by atoms with van der Waals surface area (Å²) in [5.74, 6) is 3.78. The number of allylic oxidation sites excluding steroid dienone is 5. The summed E-state index contributed by atoms with van der Waals surface area (Å²) in [4.78, 5) is 0. The first kappa shape index (κ1) is 20.5. The maximum absolute atomic E-state index is 10.2. The number of aliphatic hydroxyl groups excluding tert-OH is 1. The maximum atomic E-state index is 10.2. The largest absolute Gasteiger partial charge is 0.393 e. The van der Waals surface area contributed by atoms with Crippen LogP contribution in [0.4, 0.5) is 0 Å². The Hall–Kier alpha value is -0.820.